The number of anilines is 1. The average molecular weight is 600 g/mol. The predicted octanol–water partition coefficient (Wildman–Crippen LogP) is 4.13. The third-order valence-electron chi connectivity index (χ3n) is 8.66. The molecule has 2 aromatic heterocycles. The van der Waals surface area contributed by atoms with E-state index < -0.39 is 60.6 Å². The van der Waals surface area contributed by atoms with Gasteiger partial charge in [0.1, 0.15) is 6.33 Å². The summed E-state index contributed by atoms with van der Waals surface area (Å²) in [6, 6.07) is 9.63. The second kappa shape index (κ2) is 12.0. The van der Waals surface area contributed by atoms with Crippen LogP contribution in [0.3, 0.4) is 0 Å². The fraction of sp³-hybridized carbons (Fsp3) is 0.607. The summed E-state index contributed by atoms with van der Waals surface area (Å²) in [6.45, 7) is 5.13. The molecule has 3 aromatic rings. The first-order valence-corrected chi connectivity index (χ1v) is 13.7. The van der Waals surface area contributed by atoms with E-state index >= 15 is 8.78 Å². The number of rotatable bonds is 8. The molecule has 14 heteroatoms. The standard InChI is InChI=1S/C19H21F2N5O3.C9H16F2O2/c1-18(9-28)13(8-27)29-17(19(18,20)21)26-11-25-14-15(23-10-24-16(14)26)22-7-12-5-3-2-4-6-12;1-4-6-8(3,5-2)9(10,11)7(12)13-6/h2-6,10-11,13,17,27-28H,7-9H2,1H3,(H,22,23,24);6-7,12H,4-5H2,1-3H3/t13-,17-,18?;6-,7-,8?/m11/s1. The van der Waals surface area contributed by atoms with Crippen molar-refractivity contribution >= 4 is 17.0 Å². The highest BCUT2D eigenvalue weighted by atomic mass is 19.3. The summed E-state index contributed by atoms with van der Waals surface area (Å²) in [5.74, 6) is -6.20. The number of imidazole rings is 1. The number of fused-ring (bicyclic) bond motifs is 1. The number of alkyl halides is 4. The molecule has 1 aromatic carbocycles. The smallest absolute Gasteiger partial charge is 0.305 e. The van der Waals surface area contributed by atoms with Crippen LogP contribution in [0.1, 0.15) is 52.3 Å². The van der Waals surface area contributed by atoms with Crippen molar-refractivity contribution in [3.8, 4) is 0 Å². The second-order valence-corrected chi connectivity index (χ2v) is 11.0. The molecule has 0 aliphatic carbocycles. The molecule has 2 saturated heterocycles. The number of hydrogen-bond acceptors (Lipinski definition) is 9. The Bertz CT molecular complexity index is 1350. The maximum atomic E-state index is 15.2. The van der Waals surface area contributed by atoms with Crippen molar-refractivity contribution in [2.75, 3.05) is 18.5 Å². The summed E-state index contributed by atoms with van der Waals surface area (Å²) in [6.07, 6.45) is -2.23. The van der Waals surface area contributed by atoms with Crippen molar-refractivity contribution in [1.82, 2.24) is 19.5 Å². The minimum absolute atomic E-state index is 0.166. The Morgan fingerprint density at radius 2 is 1.62 bits per heavy atom. The van der Waals surface area contributed by atoms with Gasteiger partial charge in [-0.25, -0.2) is 32.5 Å². The van der Waals surface area contributed by atoms with E-state index in [0.717, 1.165) is 10.1 Å². The Morgan fingerprint density at radius 3 is 2.17 bits per heavy atom. The van der Waals surface area contributed by atoms with Gasteiger partial charge in [0.25, 0.3) is 0 Å². The molecule has 0 spiro atoms. The Balaban J connectivity index is 0.000000262. The van der Waals surface area contributed by atoms with Crippen LogP contribution in [0.25, 0.3) is 11.2 Å². The van der Waals surface area contributed by atoms with Gasteiger partial charge in [0.05, 0.1) is 42.6 Å². The number of aliphatic hydroxyl groups is 3. The first-order chi connectivity index (χ1) is 19.8. The number of nitrogens with zero attached hydrogens (tertiary/aromatic N) is 4. The average Bonchev–Trinajstić information content (AvgIpc) is 3.56. The zero-order chi connectivity index (χ0) is 30.9. The van der Waals surface area contributed by atoms with E-state index in [4.69, 9.17) is 14.6 Å². The van der Waals surface area contributed by atoms with Gasteiger partial charge in [0.2, 0.25) is 12.5 Å². The van der Waals surface area contributed by atoms with Crippen molar-refractivity contribution in [2.45, 2.75) is 83.7 Å². The maximum Gasteiger partial charge on any atom is 0.305 e. The first kappa shape index (κ1) is 32.0. The van der Waals surface area contributed by atoms with Crippen LogP contribution in [0.2, 0.25) is 0 Å². The fourth-order valence-corrected chi connectivity index (χ4v) is 5.41. The molecule has 2 aliphatic heterocycles. The molecule has 42 heavy (non-hydrogen) atoms. The second-order valence-electron chi connectivity index (χ2n) is 11.0. The molecule has 0 saturated carbocycles. The molecular formula is C28H37F4N5O5. The van der Waals surface area contributed by atoms with Crippen LogP contribution in [0, 0.1) is 10.8 Å². The third kappa shape index (κ3) is 5.12. The van der Waals surface area contributed by atoms with Crippen LogP contribution in [0.4, 0.5) is 23.4 Å². The van der Waals surface area contributed by atoms with Crippen molar-refractivity contribution in [2.24, 2.45) is 10.8 Å². The first-order valence-electron chi connectivity index (χ1n) is 13.7. The van der Waals surface area contributed by atoms with Crippen molar-refractivity contribution in [3.05, 3.63) is 48.5 Å². The van der Waals surface area contributed by atoms with Gasteiger partial charge in [-0.05, 0) is 25.3 Å². The van der Waals surface area contributed by atoms with Gasteiger partial charge in [-0.3, -0.25) is 4.57 Å². The van der Waals surface area contributed by atoms with Gasteiger partial charge in [-0.2, -0.15) is 0 Å². The fourth-order valence-electron chi connectivity index (χ4n) is 5.41. The summed E-state index contributed by atoms with van der Waals surface area (Å²) < 4.78 is 68.6. The molecule has 0 bridgehead atoms. The van der Waals surface area contributed by atoms with Crippen LogP contribution in [-0.2, 0) is 16.0 Å². The molecule has 6 atom stereocenters. The molecule has 4 N–H and O–H groups in total. The lowest BCUT2D eigenvalue weighted by Crippen LogP contribution is -2.47. The van der Waals surface area contributed by atoms with Crippen LogP contribution in [0.5, 0.6) is 0 Å². The summed E-state index contributed by atoms with van der Waals surface area (Å²) in [5, 5.41) is 31.3. The van der Waals surface area contributed by atoms with Crippen molar-refractivity contribution < 1.29 is 42.4 Å². The van der Waals surface area contributed by atoms with E-state index in [1.54, 1.807) is 13.8 Å². The van der Waals surface area contributed by atoms with Crippen molar-refractivity contribution in [3.63, 3.8) is 0 Å². The third-order valence-corrected chi connectivity index (χ3v) is 8.66. The van der Waals surface area contributed by atoms with E-state index in [-0.39, 0.29) is 5.65 Å². The summed E-state index contributed by atoms with van der Waals surface area (Å²) in [5.41, 5.74) is -1.67. The minimum atomic E-state index is -3.47. The Kier molecular flexibility index (Phi) is 9.14. The number of nitrogens with one attached hydrogen (secondary N) is 1. The number of halogens is 4. The van der Waals surface area contributed by atoms with E-state index in [2.05, 4.69) is 20.3 Å². The highest BCUT2D eigenvalue weighted by Gasteiger charge is 2.67. The largest absolute Gasteiger partial charge is 0.395 e. The zero-order valence-electron chi connectivity index (χ0n) is 23.8. The molecule has 4 heterocycles. The van der Waals surface area contributed by atoms with E-state index in [0.29, 0.717) is 30.7 Å². The molecule has 232 valence electrons. The normalized spacial score (nSPS) is 31.6. The minimum Gasteiger partial charge on any atom is -0.395 e. The van der Waals surface area contributed by atoms with Crippen LogP contribution >= 0.6 is 0 Å². The predicted molar refractivity (Wildman–Crippen MR) is 145 cm³/mol. The van der Waals surface area contributed by atoms with Gasteiger partial charge in [-0.15, -0.1) is 0 Å². The molecule has 2 fully saturated rings. The highest BCUT2D eigenvalue weighted by Crippen LogP contribution is 2.55. The molecule has 10 nitrogen and oxygen atoms in total. The summed E-state index contributed by atoms with van der Waals surface area (Å²) in [4.78, 5) is 12.5. The zero-order valence-corrected chi connectivity index (χ0v) is 23.8. The SMILES string of the molecule is CC1(CO)[C@@H](CO)O[C@@H](n2cnc3c(NCc4ccccc4)ncnc32)C1(F)F.CC[C@H]1O[C@@H](O)C(F)(F)C1(C)CC. The quantitative estimate of drug-likeness (QED) is 0.282. The maximum absolute atomic E-state index is 15.2. The highest BCUT2D eigenvalue weighted by molar-refractivity contribution is 5.82. The monoisotopic (exact) mass is 599 g/mol. The van der Waals surface area contributed by atoms with E-state index in [1.165, 1.54) is 26.5 Å². The van der Waals surface area contributed by atoms with E-state index in [1.807, 2.05) is 30.3 Å². The van der Waals surface area contributed by atoms with Crippen LogP contribution in [-0.4, -0.2) is 78.4 Å². The van der Waals surface area contributed by atoms with Gasteiger partial charge >= 0.3 is 11.8 Å². The van der Waals surface area contributed by atoms with Gasteiger partial charge in [0, 0.05) is 6.54 Å². The number of hydrogen-bond donors (Lipinski definition) is 4. The molecular weight excluding hydrogens is 562 g/mol. The molecule has 2 aliphatic rings. The Labute approximate surface area is 240 Å². The number of aliphatic hydroxyl groups excluding tert-OH is 3. The Morgan fingerprint density at radius 1 is 0.929 bits per heavy atom. The number of aromatic nitrogens is 4. The lowest BCUT2D eigenvalue weighted by atomic mass is 9.76. The van der Waals surface area contributed by atoms with Gasteiger partial charge in [0.15, 0.2) is 17.0 Å². The number of ether oxygens (including phenoxy) is 2. The molecule has 5 rings (SSSR count). The lowest BCUT2D eigenvalue weighted by Gasteiger charge is -2.32. The lowest BCUT2D eigenvalue weighted by molar-refractivity contribution is -0.202. The van der Waals surface area contributed by atoms with Crippen molar-refractivity contribution in [1.29, 1.82) is 0 Å². The van der Waals surface area contributed by atoms with Crippen LogP contribution in [0.15, 0.2) is 43.0 Å². The molecule has 2 unspecified atom stereocenters. The van der Waals surface area contributed by atoms with Gasteiger partial charge in [-0.1, -0.05) is 51.1 Å². The van der Waals surface area contributed by atoms with Gasteiger partial charge < -0.3 is 30.1 Å². The van der Waals surface area contributed by atoms with Crippen LogP contribution < -0.4 is 5.32 Å². The Hall–Kier alpha value is -2.91. The topological polar surface area (TPSA) is 135 Å². The number of benzene rings is 1. The summed E-state index contributed by atoms with van der Waals surface area (Å²) in [7, 11) is 0. The molecule has 0 radical (unpaired) electrons. The summed E-state index contributed by atoms with van der Waals surface area (Å²) >= 11 is 0. The molecule has 0 amide bonds. The van der Waals surface area contributed by atoms with E-state index in [9.17, 15) is 19.0 Å².